The first-order valence-corrected chi connectivity index (χ1v) is 7.46. The molecule has 1 aromatic carbocycles. The third-order valence-electron chi connectivity index (χ3n) is 3.06. The van der Waals surface area contributed by atoms with E-state index in [1.54, 1.807) is 32.4 Å². The number of nitrogens with zero attached hydrogens (tertiary/aromatic N) is 2. The Morgan fingerprint density at radius 2 is 1.83 bits per heavy atom. The van der Waals surface area contributed by atoms with Crippen LogP contribution in [0, 0.1) is 0 Å². The lowest BCUT2D eigenvalue weighted by molar-refractivity contribution is 0.0914. The molecular formula is C17H22N4O3. The van der Waals surface area contributed by atoms with Gasteiger partial charge in [-0.2, -0.15) is 0 Å². The number of amides is 1. The maximum atomic E-state index is 12.2. The summed E-state index contributed by atoms with van der Waals surface area (Å²) >= 11 is 0. The number of methoxy groups -OCH3 is 2. The molecule has 2 aromatic rings. The topological polar surface area (TPSA) is 85.4 Å². The highest BCUT2D eigenvalue weighted by Crippen LogP contribution is 2.30. The van der Waals surface area contributed by atoms with E-state index in [1.807, 2.05) is 26.8 Å². The number of carbonyl (C=O) groups is 1. The van der Waals surface area contributed by atoms with Crippen LogP contribution in [-0.2, 0) is 0 Å². The molecular weight excluding hydrogens is 308 g/mol. The zero-order valence-corrected chi connectivity index (χ0v) is 14.5. The molecule has 0 radical (unpaired) electrons. The third kappa shape index (κ3) is 4.58. The van der Waals surface area contributed by atoms with Gasteiger partial charge in [0.15, 0.2) is 0 Å². The summed E-state index contributed by atoms with van der Waals surface area (Å²) in [6.45, 7) is 5.73. The van der Waals surface area contributed by atoms with Gasteiger partial charge in [-0.05, 0) is 32.9 Å². The van der Waals surface area contributed by atoms with Gasteiger partial charge in [0.05, 0.1) is 19.9 Å². The van der Waals surface area contributed by atoms with Gasteiger partial charge < -0.3 is 20.1 Å². The van der Waals surface area contributed by atoms with Crippen LogP contribution in [0.2, 0.25) is 0 Å². The molecule has 0 unspecified atom stereocenters. The van der Waals surface area contributed by atoms with Crippen molar-refractivity contribution in [1.82, 2.24) is 15.3 Å². The molecule has 0 bridgehead atoms. The van der Waals surface area contributed by atoms with Crippen molar-refractivity contribution in [3.8, 4) is 11.5 Å². The number of benzene rings is 1. The van der Waals surface area contributed by atoms with Gasteiger partial charge in [0.1, 0.15) is 29.3 Å². The van der Waals surface area contributed by atoms with Gasteiger partial charge in [-0.15, -0.1) is 0 Å². The molecule has 128 valence electrons. The number of nitrogens with one attached hydrogen (secondary N) is 2. The van der Waals surface area contributed by atoms with E-state index < -0.39 is 0 Å². The Kier molecular flexibility index (Phi) is 5.23. The molecule has 1 amide bonds. The monoisotopic (exact) mass is 330 g/mol. The summed E-state index contributed by atoms with van der Waals surface area (Å²) in [4.78, 5) is 20.4. The Labute approximate surface area is 141 Å². The van der Waals surface area contributed by atoms with E-state index in [2.05, 4.69) is 20.6 Å². The fraction of sp³-hybridized carbons (Fsp3) is 0.353. The summed E-state index contributed by atoms with van der Waals surface area (Å²) in [5.41, 5.74) is 0.656. The molecule has 0 spiro atoms. The second-order valence-electron chi connectivity index (χ2n) is 6.18. The van der Waals surface area contributed by atoms with Crippen LogP contribution in [0.3, 0.4) is 0 Å². The van der Waals surface area contributed by atoms with Gasteiger partial charge in [0.25, 0.3) is 5.91 Å². The number of ether oxygens (including phenoxy) is 2. The van der Waals surface area contributed by atoms with Crippen LogP contribution in [-0.4, -0.2) is 35.6 Å². The van der Waals surface area contributed by atoms with E-state index >= 15 is 0 Å². The summed E-state index contributed by atoms with van der Waals surface area (Å²) in [6, 6.07) is 6.97. The standard InChI is InChI=1S/C17H22N4O3/c1-17(2,3)21-16(22)13-9-15(19-10-18-13)20-12-7-6-11(23-4)8-14(12)24-5/h6-10H,1-5H3,(H,21,22)(H,18,19,20). The fourth-order valence-electron chi connectivity index (χ4n) is 1.99. The molecule has 0 aliphatic rings. The van der Waals surface area contributed by atoms with E-state index in [9.17, 15) is 4.79 Å². The zero-order chi connectivity index (χ0) is 17.7. The van der Waals surface area contributed by atoms with Gasteiger partial charge in [0.2, 0.25) is 0 Å². The van der Waals surface area contributed by atoms with E-state index in [1.165, 1.54) is 6.33 Å². The molecule has 0 saturated carbocycles. The predicted molar refractivity (Wildman–Crippen MR) is 92.1 cm³/mol. The summed E-state index contributed by atoms with van der Waals surface area (Å²) in [5.74, 6) is 1.53. The molecule has 1 aromatic heterocycles. The van der Waals surface area contributed by atoms with E-state index in [-0.39, 0.29) is 17.1 Å². The van der Waals surface area contributed by atoms with Gasteiger partial charge in [-0.25, -0.2) is 9.97 Å². The first kappa shape index (κ1) is 17.5. The minimum Gasteiger partial charge on any atom is -0.497 e. The molecule has 2 N–H and O–H groups in total. The maximum absolute atomic E-state index is 12.2. The SMILES string of the molecule is COc1ccc(Nc2cc(C(=O)NC(C)(C)C)ncn2)c(OC)c1. The first-order valence-electron chi connectivity index (χ1n) is 7.46. The molecule has 7 nitrogen and oxygen atoms in total. The number of carbonyl (C=O) groups excluding carboxylic acids is 1. The Morgan fingerprint density at radius 1 is 1.08 bits per heavy atom. The van der Waals surface area contributed by atoms with Crippen molar-refractivity contribution in [2.45, 2.75) is 26.3 Å². The third-order valence-corrected chi connectivity index (χ3v) is 3.06. The van der Waals surface area contributed by atoms with Crippen LogP contribution in [0.1, 0.15) is 31.3 Å². The molecule has 7 heteroatoms. The molecule has 0 aliphatic heterocycles. The average molecular weight is 330 g/mol. The van der Waals surface area contributed by atoms with Crippen molar-refractivity contribution in [2.24, 2.45) is 0 Å². The van der Waals surface area contributed by atoms with Crippen LogP contribution >= 0.6 is 0 Å². The van der Waals surface area contributed by atoms with E-state index in [4.69, 9.17) is 9.47 Å². The highest BCUT2D eigenvalue weighted by Gasteiger charge is 2.17. The number of rotatable bonds is 5. The Balaban J connectivity index is 2.22. The molecule has 2 rings (SSSR count). The summed E-state index contributed by atoms with van der Waals surface area (Å²) in [5, 5.41) is 5.99. The Bertz CT molecular complexity index is 726. The quantitative estimate of drug-likeness (QED) is 0.877. The Morgan fingerprint density at radius 3 is 2.46 bits per heavy atom. The maximum Gasteiger partial charge on any atom is 0.270 e. The van der Waals surface area contributed by atoms with Crippen LogP contribution in [0.5, 0.6) is 11.5 Å². The molecule has 24 heavy (non-hydrogen) atoms. The highest BCUT2D eigenvalue weighted by atomic mass is 16.5. The molecule has 0 aliphatic carbocycles. The number of aromatic nitrogens is 2. The summed E-state index contributed by atoms with van der Waals surface area (Å²) < 4.78 is 10.5. The van der Waals surface area contributed by atoms with Crippen LogP contribution in [0.15, 0.2) is 30.6 Å². The smallest absolute Gasteiger partial charge is 0.270 e. The first-order chi connectivity index (χ1) is 11.3. The van der Waals surface area contributed by atoms with E-state index in [0.29, 0.717) is 23.0 Å². The summed E-state index contributed by atoms with van der Waals surface area (Å²) in [6.07, 6.45) is 1.34. The minimum absolute atomic E-state index is 0.255. The predicted octanol–water partition coefficient (Wildman–Crippen LogP) is 2.77. The fourth-order valence-corrected chi connectivity index (χ4v) is 1.99. The normalized spacial score (nSPS) is 10.9. The van der Waals surface area contributed by atoms with Crippen molar-refractivity contribution in [3.05, 3.63) is 36.3 Å². The molecule has 0 fully saturated rings. The largest absolute Gasteiger partial charge is 0.497 e. The molecule has 0 atom stereocenters. The van der Waals surface area contributed by atoms with Crippen molar-refractivity contribution in [1.29, 1.82) is 0 Å². The number of anilines is 2. The van der Waals surface area contributed by atoms with E-state index in [0.717, 1.165) is 0 Å². The van der Waals surface area contributed by atoms with Gasteiger partial charge in [-0.1, -0.05) is 0 Å². The number of hydrogen-bond donors (Lipinski definition) is 2. The van der Waals surface area contributed by atoms with Crippen molar-refractivity contribution in [2.75, 3.05) is 19.5 Å². The second-order valence-corrected chi connectivity index (χ2v) is 6.18. The van der Waals surface area contributed by atoms with Gasteiger partial charge in [0, 0.05) is 17.7 Å². The van der Waals surface area contributed by atoms with Gasteiger partial charge in [-0.3, -0.25) is 4.79 Å². The zero-order valence-electron chi connectivity index (χ0n) is 14.5. The lowest BCUT2D eigenvalue weighted by atomic mass is 10.1. The van der Waals surface area contributed by atoms with Crippen molar-refractivity contribution < 1.29 is 14.3 Å². The van der Waals surface area contributed by atoms with Crippen LogP contribution in [0.4, 0.5) is 11.5 Å². The number of hydrogen-bond acceptors (Lipinski definition) is 6. The minimum atomic E-state index is -0.338. The van der Waals surface area contributed by atoms with Crippen molar-refractivity contribution in [3.63, 3.8) is 0 Å². The second kappa shape index (κ2) is 7.16. The Hall–Kier alpha value is -2.83. The van der Waals surface area contributed by atoms with Crippen LogP contribution in [0.25, 0.3) is 0 Å². The van der Waals surface area contributed by atoms with Crippen LogP contribution < -0.4 is 20.1 Å². The average Bonchev–Trinajstić information content (AvgIpc) is 2.54. The van der Waals surface area contributed by atoms with Gasteiger partial charge >= 0.3 is 0 Å². The summed E-state index contributed by atoms with van der Waals surface area (Å²) in [7, 11) is 3.16. The lowest BCUT2D eigenvalue weighted by Gasteiger charge is -2.20. The molecule has 1 heterocycles. The van der Waals surface area contributed by atoms with Crippen molar-refractivity contribution >= 4 is 17.4 Å². The molecule has 0 saturated heterocycles. The lowest BCUT2D eigenvalue weighted by Crippen LogP contribution is -2.40. The highest BCUT2D eigenvalue weighted by molar-refractivity contribution is 5.93.